The van der Waals surface area contributed by atoms with Crippen molar-refractivity contribution in [3.8, 4) is 11.1 Å². The molecule has 0 fully saturated rings. The van der Waals surface area contributed by atoms with Crippen LogP contribution in [-0.4, -0.2) is 78.6 Å². The number of benzene rings is 2. The van der Waals surface area contributed by atoms with Gasteiger partial charge in [-0.2, -0.15) is 0 Å². The van der Waals surface area contributed by atoms with Crippen LogP contribution in [-0.2, 0) is 19.1 Å². The number of aliphatic carboxylic acids is 1. The van der Waals surface area contributed by atoms with Gasteiger partial charge in [0.2, 0.25) is 0 Å². The van der Waals surface area contributed by atoms with Crippen molar-refractivity contribution >= 4 is 18.0 Å². The van der Waals surface area contributed by atoms with Gasteiger partial charge in [0.25, 0.3) is 5.91 Å². The van der Waals surface area contributed by atoms with E-state index in [1.54, 1.807) is 6.92 Å². The van der Waals surface area contributed by atoms with Crippen molar-refractivity contribution in [1.29, 1.82) is 0 Å². The highest BCUT2D eigenvalue weighted by atomic mass is 16.5. The summed E-state index contributed by atoms with van der Waals surface area (Å²) in [5.41, 5.74) is 2.77. The number of carbonyl (C=O) groups is 3. The highest BCUT2D eigenvalue weighted by Gasteiger charge is 2.42. The standard InChI is InChI=1S/C25H30N2O7/c1-3-25(16-33-2,23(31)27(12-13-28)14-22(29)30)26-24(32)34-15-21-19-10-6-4-8-17(19)18-9-5-7-11-20(18)21/h4-11,21,28H,3,12-16H2,1-2H3,(H,26,32)(H,29,30). The Morgan fingerprint density at radius 1 is 1.06 bits per heavy atom. The number of hydrogen-bond acceptors (Lipinski definition) is 6. The number of aliphatic hydroxyl groups excluding tert-OH is 1. The molecule has 0 radical (unpaired) electrons. The average molecular weight is 471 g/mol. The van der Waals surface area contributed by atoms with Gasteiger partial charge in [0, 0.05) is 19.6 Å². The van der Waals surface area contributed by atoms with Gasteiger partial charge >= 0.3 is 12.1 Å². The molecule has 34 heavy (non-hydrogen) atoms. The summed E-state index contributed by atoms with van der Waals surface area (Å²) in [6.07, 6.45) is -0.681. The number of methoxy groups -OCH3 is 1. The third-order valence-corrected chi connectivity index (χ3v) is 6.07. The predicted molar refractivity (Wildman–Crippen MR) is 124 cm³/mol. The van der Waals surface area contributed by atoms with Crippen molar-refractivity contribution in [2.45, 2.75) is 24.8 Å². The zero-order valence-electron chi connectivity index (χ0n) is 19.3. The summed E-state index contributed by atoms with van der Waals surface area (Å²) >= 11 is 0. The van der Waals surface area contributed by atoms with E-state index < -0.39 is 36.7 Å². The van der Waals surface area contributed by atoms with Gasteiger partial charge < -0.3 is 29.9 Å². The molecule has 9 heteroatoms. The Kier molecular flexibility index (Phi) is 8.25. The van der Waals surface area contributed by atoms with Crippen molar-refractivity contribution in [1.82, 2.24) is 10.2 Å². The zero-order chi connectivity index (χ0) is 24.7. The van der Waals surface area contributed by atoms with Gasteiger partial charge in [-0.15, -0.1) is 0 Å². The molecule has 1 aliphatic rings. The number of rotatable bonds is 11. The van der Waals surface area contributed by atoms with Gasteiger partial charge in [-0.25, -0.2) is 4.79 Å². The van der Waals surface area contributed by atoms with Crippen LogP contribution in [0.2, 0.25) is 0 Å². The lowest BCUT2D eigenvalue weighted by atomic mass is 9.95. The number of carboxylic acids is 1. The number of ether oxygens (including phenoxy) is 2. The molecule has 2 aromatic rings. The fourth-order valence-electron chi connectivity index (χ4n) is 4.41. The summed E-state index contributed by atoms with van der Waals surface area (Å²) in [6, 6.07) is 15.9. The van der Waals surface area contributed by atoms with Crippen molar-refractivity contribution in [3.63, 3.8) is 0 Å². The lowest BCUT2D eigenvalue weighted by Crippen LogP contribution is -2.63. The van der Waals surface area contributed by atoms with Crippen molar-refractivity contribution in [3.05, 3.63) is 59.7 Å². The van der Waals surface area contributed by atoms with Gasteiger partial charge in [0.05, 0.1) is 13.2 Å². The second-order valence-corrected chi connectivity index (χ2v) is 8.16. The minimum Gasteiger partial charge on any atom is -0.480 e. The van der Waals surface area contributed by atoms with Crippen molar-refractivity contribution in [2.24, 2.45) is 0 Å². The molecule has 3 N–H and O–H groups in total. The van der Waals surface area contributed by atoms with Crippen LogP contribution in [0.25, 0.3) is 11.1 Å². The SMILES string of the molecule is CCC(COC)(NC(=O)OCC1c2ccccc2-c2ccccc21)C(=O)N(CCO)CC(=O)O. The van der Waals surface area contributed by atoms with E-state index in [-0.39, 0.29) is 32.1 Å². The van der Waals surface area contributed by atoms with Crippen LogP contribution in [0.4, 0.5) is 4.79 Å². The summed E-state index contributed by atoms with van der Waals surface area (Å²) in [5.74, 6) is -2.04. The number of amides is 2. The number of carboxylic acid groups (broad SMARTS) is 1. The third kappa shape index (κ3) is 5.21. The molecule has 3 rings (SSSR count). The number of hydrogen-bond donors (Lipinski definition) is 3. The Morgan fingerprint density at radius 2 is 1.65 bits per heavy atom. The molecular weight excluding hydrogens is 440 g/mol. The molecule has 2 amide bonds. The number of nitrogens with one attached hydrogen (secondary N) is 1. The molecule has 0 bridgehead atoms. The normalized spacial score (nSPS) is 14.0. The number of fused-ring (bicyclic) bond motifs is 3. The fraction of sp³-hybridized carbons (Fsp3) is 0.400. The van der Waals surface area contributed by atoms with Crippen LogP contribution < -0.4 is 5.32 Å². The Morgan fingerprint density at radius 3 is 2.15 bits per heavy atom. The molecule has 0 spiro atoms. The summed E-state index contributed by atoms with van der Waals surface area (Å²) in [5, 5.41) is 21.1. The number of aliphatic hydroxyl groups is 1. The van der Waals surface area contributed by atoms with Gasteiger partial charge in [-0.1, -0.05) is 55.5 Å². The fourth-order valence-corrected chi connectivity index (χ4v) is 4.41. The van der Waals surface area contributed by atoms with E-state index in [9.17, 15) is 19.5 Å². The van der Waals surface area contributed by atoms with Crippen molar-refractivity contribution < 1.29 is 34.1 Å². The summed E-state index contributed by atoms with van der Waals surface area (Å²) in [7, 11) is 1.38. The Bertz CT molecular complexity index is 996. The maximum absolute atomic E-state index is 13.2. The van der Waals surface area contributed by atoms with Crippen LogP contribution in [0.5, 0.6) is 0 Å². The summed E-state index contributed by atoms with van der Waals surface area (Å²) in [6.45, 7) is 0.333. The third-order valence-electron chi connectivity index (χ3n) is 6.07. The molecule has 0 saturated heterocycles. The predicted octanol–water partition coefficient (Wildman–Crippen LogP) is 2.23. The van der Waals surface area contributed by atoms with Crippen LogP contribution in [0.1, 0.15) is 30.4 Å². The molecular formula is C25H30N2O7. The topological polar surface area (TPSA) is 125 Å². The smallest absolute Gasteiger partial charge is 0.408 e. The van der Waals surface area contributed by atoms with E-state index in [2.05, 4.69) is 5.32 Å². The average Bonchev–Trinajstić information content (AvgIpc) is 3.15. The molecule has 0 aliphatic heterocycles. The minimum atomic E-state index is -1.54. The lowest BCUT2D eigenvalue weighted by Gasteiger charge is -2.35. The molecule has 9 nitrogen and oxygen atoms in total. The van der Waals surface area contributed by atoms with Gasteiger partial charge in [-0.05, 0) is 28.7 Å². The van der Waals surface area contributed by atoms with E-state index in [0.29, 0.717) is 0 Å². The monoisotopic (exact) mass is 470 g/mol. The molecule has 1 atom stereocenters. The van der Waals surface area contributed by atoms with Crippen molar-refractivity contribution in [2.75, 3.05) is 40.0 Å². The highest BCUT2D eigenvalue weighted by Crippen LogP contribution is 2.44. The first-order chi connectivity index (χ1) is 16.4. The molecule has 182 valence electrons. The lowest BCUT2D eigenvalue weighted by molar-refractivity contribution is -0.149. The van der Waals surface area contributed by atoms with Crippen LogP contribution in [0.15, 0.2) is 48.5 Å². The number of nitrogens with zero attached hydrogens (tertiary/aromatic N) is 1. The maximum atomic E-state index is 13.2. The molecule has 1 aliphatic carbocycles. The molecule has 1 unspecified atom stereocenters. The zero-order valence-corrected chi connectivity index (χ0v) is 19.3. The first-order valence-corrected chi connectivity index (χ1v) is 11.1. The molecule has 0 saturated carbocycles. The van der Waals surface area contributed by atoms with E-state index >= 15 is 0 Å². The molecule has 0 aromatic heterocycles. The summed E-state index contributed by atoms with van der Waals surface area (Å²) in [4.78, 5) is 38.3. The highest BCUT2D eigenvalue weighted by molar-refractivity contribution is 5.92. The van der Waals surface area contributed by atoms with Crippen LogP contribution in [0.3, 0.4) is 0 Å². The van der Waals surface area contributed by atoms with Gasteiger partial charge in [0.1, 0.15) is 18.7 Å². The van der Waals surface area contributed by atoms with E-state index in [4.69, 9.17) is 14.6 Å². The second kappa shape index (κ2) is 11.1. The first kappa shape index (κ1) is 25.2. The Hall–Kier alpha value is -3.43. The van der Waals surface area contributed by atoms with Gasteiger partial charge in [0.15, 0.2) is 0 Å². The largest absolute Gasteiger partial charge is 0.480 e. The van der Waals surface area contributed by atoms with E-state index in [1.807, 2.05) is 48.5 Å². The minimum absolute atomic E-state index is 0.0658. The molecule has 2 aromatic carbocycles. The molecule has 0 heterocycles. The van der Waals surface area contributed by atoms with Crippen LogP contribution in [0, 0.1) is 0 Å². The summed E-state index contributed by atoms with van der Waals surface area (Å²) < 4.78 is 10.8. The maximum Gasteiger partial charge on any atom is 0.408 e. The first-order valence-electron chi connectivity index (χ1n) is 11.1. The quantitative estimate of drug-likeness (QED) is 0.460. The van der Waals surface area contributed by atoms with E-state index in [1.165, 1.54) is 7.11 Å². The number of alkyl carbamates (subject to hydrolysis) is 1. The van der Waals surface area contributed by atoms with Crippen LogP contribution >= 0.6 is 0 Å². The van der Waals surface area contributed by atoms with E-state index in [0.717, 1.165) is 27.2 Å². The van der Waals surface area contributed by atoms with Gasteiger partial charge in [-0.3, -0.25) is 9.59 Å². The number of carbonyl (C=O) groups excluding carboxylic acids is 2. The second-order valence-electron chi connectivity index (χ2n) is 8.16. The Labute approximate surface area is 198 Å². The Balaban J connectivity index is 1.77.